The number of aliphatic imine (C=N–C) groups is 2. The molecule has 1 aliphatic carbocycles. The Bertz CT molecular complexity index is 928. The van der Waals surface area contributed by atoms with Crippen LogP contribution >= 0.6 is 0 Å². The number of benzene rings is 1. The molecule has 2 unspecified atom stereocenters. The van der Waals surface area contributed by atoms with Crippen molar-refractivity contribution in [2.45, 2.75) is 18.9 Å². The highest BCUT2D eigenvalue weighted by Gasteiger charge is 2.36. The van der Waals surface area contributed by atoms with Crippen LogP contribution in [0.15, 0.2) is 58.6 Å². The Kier molecular flexibility index (Phi) is 5.53. The number of anilines is 1. The van der Waals surface area contributed by atoms with Gasteiger partial charge in [-0.05, 0) is 31.1 Å². The van der Waals surface area contributed by atoms with Gasteiger partial charge in [0.2, 0.25) is 0 Å². The highest BCUT2D eigenvalue weighted by atomic mass is 16.5. The number of allylic oxidation sites excluding steroid dienone is 3. The van der Waals surface area contributed by atoms with E-state index in [-0.39, 0.29) is 12.0 Å². The summed E-state index contributed by atoms with van der Waals surface area (Å²) in [6, 6.07) is 6.05. The van der Waals surface area contributed by atoms with E-state index >= 15 is 0 Å². The topological polar surface area (TPSA) is 92.6 Å². The molecule has 0 bridgehead atoms. The second kappa shape index (κ2) is 8.40. The number of para-hydroxylation sites is 2. The molecule has 2 aliphatic heterocycles. The summed E-state index contributed by atoms with van der Waals surface area (Å²) in [5.41, 5.74) is 1.08. The maximum atomic E-state index is 12.7. The Morgan fingerprint density at radius 1 is 1.38 bits per heavy atom. The van der Waals surface area contributed by atoms with E-state index in [1.807, 2.05) is 24.3 Å². The van der Waals surface area contributed by atoms with Crippen molar-refractivity contribution in [3.8, 4) is 5.75 Å². The van der Waals surface area contributed by atoms with Gasteiger partial charge in [0, 0.05) is 6.61 Å². The first-order valence-electron chi connectivity index (χ1n) is 9.55. The predicted molar refractivity (Wildman–Crippen MR) is 110 cm³/mol. The number of fused-ring (bicyclic) bond motifs is 1. The van der Waals surface area contributed by atoms with Crippen LogP contribution in [0.5, 0.6) is 5.75 Å². The molecule has 4 amide bonds. The van der Waals surface area contributed by atoms with Crippen molar-refractivity contribution in [2.75, 3.05) is 25.6 Å². The van der Waals surface area contributed by atoms with Crippen LogP contribution in [0.1, 0.15) is 12.8 Å². The zero-order valence-corrected chi connectivity index (χ0v) is 16.1. The third kappa shape index (κ3) is 4.12. The molecule has 150 valence electrons. The molecule has 0 aromatic heterocycles. The number of rotatable bonds is 4. The summed E-state index contributed by atoms with van der Waals surface area (Å²) in [6.45, 7) is 0.998. The Balaban J connectivity index is 1.63. The second-order valence-corrected chi connectivity index (χ2v) is 6.89. The minimum absolute atomic E-state index is 0.0821. The van der Waals surface area contributed by atoms with Gasteiger partial charge in [0.25, 0.3) is 0 Å². The molecule has 3 aliphatic rings. The lowest BCUT2D eigenvalue weighted by molar-refractivity contribution is 0.0956. The van der Waals surface area contributed by atoms with Gasteiger partial charge < -0.3 is 14.8 Å². The van der Waals surface area contributed by atoms with Crippen molar-refractivity contribution in [3.63, 3.8) is 0 Å². The zero-order chi connectivity index (χ0) is 20.2. The number of carbonyl (C=O) groups excluding carboxylic acids is 2. The molecule has 2 atom stereocenters. The van der Waals surface area contributed by atoms with Crippen molar-refractivity contribution in [1.29, 1.82) is 0 Å². The van der Waals surface area contributed by atoms with Crippen molar-refractivity contribution in [2.24, 2.45) is 15.9 Å². The Morgan fingerprint density at radius 2 is 2.24 bits per heavy atom. The normalized spacial score (nSPS) is 24.4. The fourth-order valence-corrected chi connectivity index (χ4v) is 3.58. The molecule has 1 saturated heterocycles. The van der Waals surface area contributed by atoms with Crippen LogP contribution < -0.4 is 10.1 Å². The number of ether oxygens (including phenoxy) is 2. The molecule has 1 fully saturated rings. The average Bonchev–Trinajstić information content (AvgIpc) is 3.24. The fourth-order valence-electron chi connectivity index (χ4n) is 3.58. The summed E-state index contributed by atoms with van der Waals surface area (Å²) < 4.78 is 10.9. The number of nitrogens with one attached hydrogen (secondary N) is 1. The minimum Gasteiger partial charge on any atom is -0.495 e. The molecular weight excluding hydrogens is 372 g/mol. The number of methoxy groups -OCH3 is 1. The van der Waals surface area contributed by atoms with E-state index in [0.29, 0.717) is 36.1 Å². The third-order valence-corrected chi connectivity index (χ3v) is 4.99. The third-order valence-electron chi connectivity index (χ3n) is 4.99. The van der Waals surface area contributed by atoms with Crippen molar-refractivity contribution >= 4 is 29.3 Å². The number of amides is 4. The van der Waals surface area contributed by atoms with Gasteiger partial charge >= 0.3 is 12.1 Å². The summed E-state index contributed by atoms with van der Waals surface area (Å²) >= 11 is 0. The molecule has 2 heterocycles. The molecule has 1 N–H and O–H groups in total. The predicted octanol–water partition coefficient (Wildman–Crippen LogP) is 3.42. The number of hydrogen-bond acceptors (Lipinski definition) is 4. The SMILES string of the molecule is COc1ccccc1NC(=O)/N=C1\C2C=CC=CC2=NC(=O)N1CC1CCCO1. The largest absolute Gasteiger partial charge is 0.495 e. The minimum atomic E-state index is -0.584. The quantitative estimate of drug-likeness (QED) is 0.847. The van der Waals surface area contributed by atoms with Crippen molar-refractivity contribution in [3.05, 3.63) is 48.6 Å². The van der Waals surface area contributed by atoms with Gasteiger partial charge in [-0.1, -0.05) is 30.4 Å². The van der Waals surface area contributed by atoms with Crippen LogP contribution in [0, 0.1) is 5.92 Å². The lowest BCUT2D eigenvalue weighted by atomic mass is 9.94. The van der Waals surface area contributed by atoms with Gasteiger partial charge in [-0.15, -0.1) is 0 Å². The number of carbonyl (C=O) groups is 2. The average molecular weight is 394 g/mol. The summed E-state index contributed by atoms with van der Waals surface area (Å²) in [7, 11) is 1.53. The van der Waals surface area contributed by atoms with Gasteiger partial charge in [0.05, 0.1) is 37.1 Å². The van der Waals surface area contributed by atoms with E-state index in [1.165, 1.54) is 12.0 Å². The Labute approximate surface area is 168 Å². The highest BCUT2D eigenvalue weighted by molar-refractivity contribution is 6.24. The molecule has 0 saturated carbocycles. The Morgan fingerprint density at radius 3 is 3.03 bits per heavy atom. The number of nitrogens with zero attached hydrogens (tertiary/aromatic N) is 3. The standard InChI is InChI=1S/C21H22N4O4/c1-28-18-11-5-4-10-17(18)22-20(26)24-19-15-8-2-3-9-16(15)23-21(27)25(19)13-14-7-6-12-29-14/h2-5,8-11,14-15H,6-7,12-13H2,1H3,(H,22,26)/b24-19+. The monoisotopic (exact) mass is 394 g/mol. The van der Waals surface area contributed by atoms with E-state index in [9.17, 15) is 9.59 Å². The van der Waals surface area contributed by atoms with E-state index < -0.39 is 12.1 Å². The van der Waals surface area contributed by atoms with Gasteiger partial charge in [-0.25, -0.2) is 9.59 Å². The van der Waals surface area contributed by atoms with Crippen LogP contribution in [0.25, 0.3) is 0 Å². The van der Waals surface area contributed by atoms with Gasteiger partial charge in [-0.3, -0.25) is 4.90 Å². The van der Waals surface area contributed by atoms with Crippen molar-refractivity contribution in [1.82, 2.24) is 4.90 Å². The fraction of sp³-hybridized carbons (Fsp3) is 0.333. The molecule has 1 aromatic rings. The maximum Gasteiger partial charge on any atom is 0.349 e. The molecule has 0 spiro atoms. The molecule has 1 aromatic carbocycles. The zero-order valence-electron chi connectivity index (χ0n) is 16.1. The maximum absolute atomic E-state index is 12.7. The van der Waals surface area contributed by atoms with E-state index in [0.717, 1.165) is 12.8 Å². The van der Waals surface area contributed by atoms with Crippen LogP contribution in [0.2, 0.25) is 0 Å². The Hall–Kier alpha value is -3.26. The summed E-state index contributed by atoms with van der Waals surface area (Å²) in [5.74, 6) is 0.519. The second-order valence-electron chi connectivity index (χ2n) is 6.89. The summed E-state index contributed by atoms with van der Waals surface area (Å²) in [5, 5.41) is 2.73. The molecular formula is C21H22N4O4. The molecule has 4 rings (SSSR count). The first-order valence-corrected chi connectivity index (χ1v) is 9.55. The van der Waals surface area contributed by atoms with Crippen LogP contribution in [-0.2, 0) is 4.74 Å². The van der Waals surface area contributed by atoms with Crippen LogP contribution in [-0.4, -0.2) is 54.9 Å². The lowest BCUT2D eigenvalue weighted by Gasteiger charge is -2.32. The first-order chi connectivity index (χ1) is 14.2. The van der Waals surface area contributed by atoms with Crippen LogP contribution in [0.3, 0.4) is 0 Å². The highest BCUT2D eigenvalue weighted by Crippen LogP contribution is 2.25. The molecule has 8 nitrogen and oxygen atoms in total. The molecule has 8 heteroatoms. The van der Waals surface area contributed by atoms with Gasteiger partial charge in [-0.2, -0.15) is 9.98 Å². The number of urea groups is 2. The van der Waals surface area contributed by atoms with E-state index in [4.69, 9.17) is 9.47 Å². The van der Waals surface area contributed by atoms with Crippen molar-refractivity contribution < 1.29 is 19.1 Å². The van der Waals surface area contributed by atoms with Crippen LogP contribution in [0.4, 0.5) is 15.3 Å². The number of hydrogen-bond donors (Lipinski definition) is 1. The van der Waals surface area contributed by atoms with Gasteiger partial charge in [0.1, 0.15) is 11.6 Å². The lowest BCUT2D eigenvalue weighted by Crippen LogP contribution is -2.49. The summed E-state index contributed by atoms with van der Waals surface area (Å²) in [6.07, 6.45) is 9.04. The molecule has 29 heavy (non-hydrogen) atoms. The first kappa shape index (κ1) is 19.1. The van der Waals surface area contributed by atoms with Gasteiger partial charge in [0.15, 0.2) is 0 Å². The summed E-state index contributed by atoms with van der Waals surface area (Å²) in [4.78, 5) is 35.3. The molecule has 0 radical (unpaired) electrons. The van der Waals surface area contributed by atoms with E-state index in [2.05, 4.69) is 15.3 Å². The smallest absolute Gasteiger partial charge is 0.349 e. The van der Waals surface area contributed by atoms with E-state index in [1.54, 1.807) is 24.3 Å². The number of amidine groups is 1.